The normalized spacial score (nSPS) is 11.6. The van der Waals surface area contributed by atoms with Crippen LogP contribution in [-0.4, -0.2) is 55.9 Å². The average Bonchev–Trinajstić information content (AvgIpc) is 2.84. The van der Waals surface area contributed by atoms with Crippen LogP contribution in [-0.2, 0) is 14.3 Å². The summed E-state index contributed by atoms with van der Waals surface area (Å²) in [4.78, 5) is 23.1. The molecule has 8 nitrogen and oxygen atoms in total. The van der Waals surface area contributed by atoms with Gasteiger partial charge < -0.3 is 25.0 Å². The number of methoxy groups -OCH3 is 1. The molecule has 0 unspecified atom stereocenters. The third-order valence-corrected chi connectivity index (χ3v) is 5.17. The molecule has 0 aliphatic rings. The Morgan fingerprint density at radius 3 is 2.42 bits per heavy atom. The van der Waals surface area contributed by atoms with Crippen molar-refractivity contribution in [3.8, 4) is 11.3 Å². The number of amides is 1. The van der Waals surface area contributed by atoms with Gasteiger partial charge in [-0.3, -0.25) is 4.79 Å². The van der Waals surface area contributed by atoms with Crippen molar-refractivity contribution in [2.24, 2.45) is 0 Å². The molecule has 1 amide bonds. The van der Waals surface area contributed by atoms with Crippen LogP contribution < -0.4 is 15.5 Å². The molecule has 1 atom stereocenters. The average molecular weight is 450 g/mol. The first kappa shape index (κ1) is 24.2. The van der Waals surface area contributed by atoms with E-state index in [1.807, 2.05) is 56.4 Å². The summed E-state index contributed by atoms with van der Waals surface area (Å²) in [6, 6.07) is 17.4. The van der Waals surface area contributed by atoms with E-state index in [2.05, 4.69) is 37.6 Å². The van der Waals surface area contributed by atoms with Crippen LogP contribution in [0.2, 0.25) is 0 Å². The van der Waals surface area contributed by atoms with Gasteiger partial charge in [0.05, 0.1) is 12.3 Å². The molecule has 33 heavy (non-hydrogen) atoms. The summed E-state index contributed by atoms with van der Waals surface area (Å²) in [7, 11) is 3.55. The lowest BCUT2D eigenvalue weighted by molar-refractivity contribution is -0.124. The molecule has 2 aromatic carbocycles. The Balaban J connectivity index is 1.63. The fourth-order valence-electron chi connectivity index (χ4n) is 3.06. The van der Waals surface area contributed by atoms with Gasteiger partial charge >= 0.3 is 0 Å². The number of nitrogens with one attached hydrogen (secondary N) is 2. The maximum absolute atomic E-state index is 12.0. The number of benzene rings is 2. The minimum Gasteiger partial charge on any atom is -0.380 e. The van der Waals surface area contributed by atoms with Crippen molar-refractivity contribution in [3.63, 3.8) is 0 Å². The minimum absolute atomic E-state index is 0.190. The van der Waals surface area contributed by atoms with Crippen molar-refractivity contribution in [3.05, 3.63) is 60.8 Å². The number of anilines is 4. The van der Waals surface area contributed by atoms with Gasteiger partial charge in [0.2, 0.25) is 5.95 Å². The van der Waals surface area contributed by atoms with E-state index < -0.39 is 6.10 Å². The third-order valence-electron chi connectivity index (χ3n) is 5.17. The van der Waals surface area contributed by atoms with E-state index in [1.54, 1.807) is 13.1 Å². The first-order valence-corrected chi connectivity index (χ1v) is 10.9. The topological polar surface area (TPSA) is 88.6 Å². The maximum Gasteiger partial charge on any atom is 0.253 e. The number of hydrogen-bond donors (Lipinski definition) is 2. The van der Waals surface area contributed by atoms with Crippen LogP contribution in [0.5, 0.6) is 0 Å². The summed E-state index contributed by atoms with van der Waals surface area (Å²) < 4.78 is 10.5. The van der Waals surface area contributed by atoms with Gasteiger partial charge in [0.1, 0.15) is 6.10 Å². The first-order chi connectivity index (χ1) is 16.0. The molecule has 3 aromatic rings. The molecule has 0 saturated heterocycles. The van der Waals surface area contributed by atoms with Crippen molar-refractivity contribution in [2.45, 2.75) is 20.0 Å². The van der Waals surface area contributed by atoms with E-state index in [0.717, 1.165) is 35.8 Å². The highest BCUT2D eigenvalue weighted by Gasteiger charge is 2.11. The highest BCUT2D eigenvalue weighted by atomic mass is 16.5. The lowest BCUT2D eigenvalue weighted by Crippen LogP contribution is -2.26. The van der Waals surface area contributed by atoms with E-state index in [-0.39, 0.29) is 5.91 Å². The largest absolute Gasteiger partial charge is 0.380 e. The fourth-order valence-corrected chi connectivity index (χ4v) is 3.06. The zero-order valence-corrected chi connectivity index (χ0v) is 19.5. The van der Waals surface area contributed by atoms with Crippen LogP contribution >= 0.6 is 0 Å². The maximum atomic E-state index is 12.0. The Morgan fingerprint density at radius 1 is 1.06 bits per heavy atom. The highest BCUT2D eigenvalue weighted by Crippen LogP contribution is 2.23. The van der Waals surface area contributed by atoms with Crippen LogP contribution in [0.1, 0.15) is 13.8 Å². The number of aromatic nitrogens is 2. The number of carbonyl (C=O) groups excluding carboxylic acids is 1. The molecule has 0 fully saturated rings. The van der Waals surface area contributed by atoms with Crippen molar-refractivity contribution < 1.29 is 14.3 Å². The van der Waals surface area contributed by atoms with Gasteiger partial charge in [-0.05, 0) is 56.3 Å². The highest BCUT2D eigenvalue weighted by molar-refractivity contribution is 5.94. The van der Waals surface area contributed by atoms with Gasteiger partial charge in [0, 0.05) is 56.1 Å². The van der Waals surface area contributed by atoms with Gasteiger partial charge in [-0.15, -0.1) is 0 Å². The van der Waals surface area contributed by atoms with Crippen LogP contribution in [0, 0.1) is 0 Å². The molecule has 0 saturated carbocycles. The number of carbonyl (C=O) groups is 1. The van der Waals surface area contributed by atoms with Crippen LogP contribution in [0.4, 0.5) is 23.0 Å². The summed E-state index contributed by atoms with van der Waals surface area (Å²) in [6.45, 7) is 5.96. The van der Waals surface area contributed by atoms with Gasteiger partial charge in [-0.2, -0.15) is 0 Å². The van der Waals surface area contributed by atoms with Crippen LogP contribution in [0.15, 0.2) is 60.8 Å². The first-order valence-electron chi connectivity index (χ1n) is 10.9. The lowest BCUT2D eigenvalue weighted by atomic mass is 10.1. The molecular formula is C25H31N5O3. The quantitative estimate of drug-likeness (QED) is 0.421. The molecule has 1 heterocycles. The molecule has 174 valence electrons. The second-order valence-electron chi connectivity index (χ2n) is 7.50. The van der Waals surface area contributed by atoms with Crippen molar-refractivity contribution in [2.75, 3.05) is 49.4 Å². The molecule has 3 rings (SSSR count). The van der Waals surface area contributed by atoms with Crippen LogP contribution in [0.25, 0.3) is 11.3 Å². The summed E-state index contributed by atoms with van der Waals surface area (Å²) >= 11 is 0. The third kappa shape index (κ3) is 7.00. The summed E-state index contributed by atoms with van der Waals surface area (Å²) in [5.41, 5.74) is 4.42. The van der Waals surface area contributed by atoms with E-state index in [1.165, 1.54) is 7.11 Å². The van der Waals surface area contributed by atoms with Crippen molar-refractivity contribution in [1.82, 2.24) is 9.97 Å². The monoisotopic (exact) mass is 449 g/mol. The van der Waals surface area contributed by atoms with E-state index in [4.69, 9.17) is 9.47 Å². The number of likely N-dealkylation sites (N-methyl/N-ethyl adjacent to an activating group) is 1. The molecule has 0 radical (unpaired) electrons. The molecule has 0 spiro atoms. The lowest BCUT2D eigenvalue weighted by Gasteiger charge is -2.19. The van der Waals surface area contributed by atoms with Gasteiger partial charge in [-0.25, -0.2) is 9.97 Å². The molecule has 0 aliphatic carbocycles. The van der Waals surface area contributed by atoms with Crippen molar-refractivity contribution in [1.29, 1.82) is 0 Å². The zero-order valence-electron chi connectivity index (χ0n) is 19.5. The summed E-state index contributed by atoms with van der Waals surface area (Å²) in [6.07, 6.45) is 1.21. The van der Waals surface area contributed by atoms with E-state index >= 15 is 0 Å². The second-order valence-corrected chi connectivity index (χ2v) is 7.50. The van der Waals surface area contributed by atoms with Crippen molar-refractivity contribution >= 4 is 28.9 Å². The molecule has 0 bridgehead atoms. The Labute approximate surface area is 195 Å². The standard InChI is InChI=1S/C25H31N5O3/c1-5-33-17-16-30(3)22-12-10-21(11-13-22)28-25-26-15-14-23(29-25)19-6-8-20(9-7-19)27-24(31)18(2)32-4/h6-15,18H,5,16-17H2,1-4H3,(H,27,31)(H,26,28,29)/t18-/m1/s1. The van der Waals surface area contributed by atoms with E-state index in [9.17, 15) is 4.79 Å². The zero-order chi connectivity index (χ0) is 23.6. The van der Waals surface area contributed by atoms with E-state index in [0.29, 0.717) is 18.2 Å². The molecule has 2 N–H and O–H groups in total. The van der Waals surface area contributed by atoms with Gasteiger partial charge in [0.25, 0.3) is 5.91 Å². The Hall–Kier alpha value is -3.49. The Kier molecular flexibility index (Phi) is 8.74. The fraction of sp³-hybridized carbons (Fsp3) is 0.320. The summed E-state index contributed by atoms with van der Waals surface area (Å²) in [5.74, 6) is 0.321. The predicted octanol–water partition coefficient (Wildman–Crippen LogP) is 4.33. The number of ether oxygens (including phenoxy) is 2. The van der Waals surface area contributed by atoms with Gasteiger partial charge in [-0.1, -0.05) is 12.1 Å². The molecular weight excluding hydrogens is 418 g/mol. The Bertz CT molecular complexity index is 1020. The number of hydrogen-bond acceptors (Lipinski definition) is 7. The predicted molar refractivity (Wildman–Crippen MR) is 132 cm³/mol. The van der Waals surface area contributed by atoms with Crippen LogP contribution in [0.3, 0.4) is 0 Å². The van der Waals surface area contributed by atoms with Gasteiger partial charge in [0.15, 0.2) is 0 Å². The molecule has 1 aromatic heterocycles. The molecule has 0 aliphatic heterocycles. The number of rotatable bonds is 11. The summed E-state index contributed by atoms with van der Waals surface area (Å²) in [5, 5.41) is 6.07. The second kappa shape index (κ2) is 11.9. The smallest absolute Gasteiger partial charge is 0.253 e. The number of nitrogens with zero attached hydrogens (tertiary/aromatic N) is 3. The molecule has 8 heteroatoms. The SMILES string of the molecule is CCOCCN(C)c1ccc(Nc2nccc(-c3ccc(NC(=O)[C@@H](C)OC)cc3)n2)cc1. The minimum atomic E-state index is -0.510. The Morgan fingerprint density at radius 2 is 1.76 bits per heavy atom.